The molecule has 0 bridgehead atoms. The van der Waals surface area contributed by atoms with Crippen LogP contribution in [0.25, 0.3) is 0 Å². The third-order valence-electron chi connectivity index (χ3n) is 4.44. The van der Waals surface area contributed by atoms with Crippen LogP contribution in [0.15, 0.2) is 46.9 Å². The second-order valence-electron chi connectivity index (χ2n) is 8.04. The molecule has 1 N–H and O–H groups in total. The number of hydrogen-bond acceptors (Lipinski definition) is 4. The molecule has 1 unspecified atom stereocenters. The zero-order valence-electron chi connectivity index (χ0n) is 17.0. The summed E-state index contributed by atoms with van der Waals surface area (Å²) < 4.78 is 0. The lowest BCUT2D eigenvalue weighted by Gasteiger charge is -2.28. The molecular formula is C21H25ClN4O2S. The molecule has 0 aliphatic carbocycles. The van der Waals surface area contributed by atoms with Crippen LogP contribution in [-0.2, 0) is 4.79 Å². The van der Waals surface area contributed by atoms with Crippen molar-refractivity contribution in [1.82, 2.24) is 15.2 Å². The molecule has 2 aromatic rings. The van der Waals surface area contributed by atoms with Crippen LogP contribution in [0.5, 0.6) is 0 Å². The molecule has 0 spiro atoms. The van der Waals surface area contributed by atoms with Crippen molar-refractivity contribution in [3.8, 4) is 0 Å². The molecule has 0 saturated heterocycles. The van der Waals surface area contributed by atoms with Crippen molar-refractivity contribution in [1.29, 1.82) is 0 Å². The Morgan fingerprint density at radius 2 is 2.00 bits per heavy atom. The summed E-state index contributed by atoms with van der Waals surface area (Å²) in [5, 5.41) is 11.5. The highest BCUT2D eigenvalue weighted by molar-refractivity contribution is 7.12. The Morgan fingerprint density at radius 1 is 1.28 bits per heavy atom. The Bertz CT molecular complexity index is 921. The van der Waals surface area contributed by atoms with Crippen LogP contribution in [-0.4, -0.2) is 46.7 Å². The van der Waals surface area contributed by atoms with E-state index in [9.17, 15) is 9.59 Å². The molecule has 154 valence electrons. The minimum atomic E-state index is -0.382. The van der Waals surface area contributed by atoms with Gasteiger partial charge in [0.15, 0.2) is 0 Å². The predicted octanol–water partition coefficient (Wildman–Crippen LogP) is 4.52. The van der Waals surface area contributed by atoms with Gasteiger partial charge in [0.2, 0.25) is 0 Å². The lowest BCUT2D eigenvalue weighted by atomic mass is 10.0. The molecule has 3 rings (SSSR count). The number of halogens is 1. The van der Waals surface area contributed by atoms with Gasteiger partial charge in [-0.15, -0.1) is 11.3 Å². The third kappa shape index (κ3) is 5.16. The maximum Gasteiger partial charge on any atom is 0.318 e. The fraction of sp³-hybridized carbons (Fsp3) is 0.381. The maximum atomic E-state index is 13.1. The van der Waals surface area contributed by atoms with E-state index in [1.165, 1.54) is 9.91 Å². The first kappa shape index (κ1) is 21.3. The zero-order valence-corrected chi connectivity index (χ0v) is 18.5. The average molecular weight is 433 g/mol. The predicted molar refractivity (Wildman–Crippen MR) is 117 cm³/mol. The van der Waals surface area contributed by atoms with Gasteiger partial charge >= 0.3 is 6.03 Å². The Labute approximate surface area is 180 Å². The number of nitrogens with zero attached hydrogens (tertiary/aromatic N) is 3. The fourth-order valence-electron chi connectivity index (χ4n) is 3.08. The number of carbonyl (C=O) groups excluding carboxylic acids is 2. The highest BCUT2D eigenvalue weighted by Gasteiger charge is 2.35. The van der Waals surface area contributed by atoms with Crippen molar-refractivity contribution in [2.24, 2.45) is 5.10 Å². The van der Waals surface area contributed by atoms with E-state index in [-0.39, 0.29) is 30.1 Å². The number of thiophene rings is 1. The SMILES string of the molecule is CN(CC(=O)N1N=C(c2cccs2)CC1c1ccccc1Cl)C(=O)NC(C)(C)C. The number of benzene rings is 1. The molecule has 29 heavy (non-hydrogen) atoms. The molecule has 1 aromatic carbocycles. The van der Waals surface area contributed by atoms with Gasteiger partial charge in [0.25, 0.3) is 5.91 Å². The summed E-state index contributed by atoms with van der Waals surface area (Å²) in [6, 6.07) is 10.8. The van der Waals surface area contributed by atoms with Crippen molar-refractivity contribution in [2.75, 3.05) is 13.6 Å². The Morgan fingerprint density at radius 3 is 2.62 bits per heavy atom. The van der Waals surface area contributed by atoms with Crippen LogP contribution in [0.4, 0.5) is 4.79 Å². The molecular weight excluding hydrogens is 408 g/mol. The van der Waals surface area contributed by atoms with Gasteiger partial charge in [0.1, 0.15) is 6.54 Å². The molecule has 1 aliphatic rings. The summed E-state index contributed by atoms with van der Waals surface area (Å²) in [6.07, 6.45) is 0.577. The minimum Gasteiger partial charge on any atom is -0.333 e. The van der Waals surface area contributed by atoms with Crippen LogP contribution >= 0.6 is 22.9 Å². The standard InChI is InChI=1S/C21H25ClN4O2S/c1-21(2,3)23-20(28)25(4)13-19(27)26-17(14-8-5-6-9-15(14)22)12-16(24-26)18-10-7-11-29-18/h5-11,17H,12-13H2,1-4H3,(H,23,28). The van der Waals surface area contributed by atoms with Crippen molar-refractivity contribution in [3.63, 3.8) is 0 Å². The van der Waals surface area contributed by atoms with Gasteiger partial charge in [-0.3, -0.25) is 4.79 Å². The monoisotopic (exact) mass is 432 g/mol. The number of rotatable bonds is 4. The van der Waals surface area contributed by atoms with Crippen LogP contribution in [0.2, 0.25) is 5.02 Å². The zero-order chi connectivity index (χ0) is 21.2. The summed E-state index contributed by atoms with van der Waals surface area (Å²) in [6.45, 7) is 5.61. The second kappa shape index (κ2) is 8.55. The van der Waals surface area contributed by atoms with Crippen LogP contribution < -0.4 is 5.32 Å². The smallest absolute Gasteiger partial charge is 0.318 e. The summed E-state index contributed by atoms with van der Waals surface area (Å²) >= 11 is 8.00. The van der Waals surface area contributed by atoms with E-state index in [4.69, 9.17) is 11.6 Å². The van der Waals surface area contributed by atoms with Gasteiger partial charge in [-0.2, -0.15) is 5.10 Å². The first-order valence-electron chi connectivity index (χ1n) is 9.37. The molecule has 8 heteroatoms. The Hall–Kier alpha value is -2.38. The number of hydrogen-bond donors (Lipinski definition) is 1. The maximum absolute atomic E-state index is 13.1. The van der Waals surface area contributed by atoms with E-state index in [1.54, 1.807) is 18.4 Å². The lowest BCUT2D eigenvalue weighted by Crippen LogP contribution is -2.49. The summed E-state index contributed by atoms with van der Waals surface area (Å²) in [5.74, 6) is -0.256. The lowest BCUT2D eigenvalue weighted by molar-refractivity contribution is -0.133. The molecule has 6 nitrogen and oxygen atoms in total. The molecule has 0 fully saturated rings. The first-order chi connectivity index (χ1) is 13.7. The van der Waals surface area contributed by atoms with Gasteiger partial charge in [-0.25, -0.2) is 9.80 Å². The van der Waals surface area contributed by atoms with E-state index in [2.05, 4.69) is 10.4 Å². The van der Waals surface area contributed by atoms with Crippen molar-refractivity contribution >= 4 is 40.6 Å². The van der Waals surface area contributed by atoms with E-state index in [1.807, 2.05) is 62.5 Å². The number of amides is 3. The average Bonchev–Trinajstić information content (AvgIpc) is 3.30. The van der Waals surface area contributed by atoms with Gasteiger partial charge in [0.05, 0.1) is 16.6 Å². The number of hydrazone groups is 1. The molecule has 0 saturated carbocycles. The summed E-state index contributed by atoms with van der Waals surface area (Å²) in [4.78, 5) is 27.8. The fourth-order valence-corrected chi connectivity index (χ4v) is 4.07. The van der Waals surface area contributed by atoms with E-state index >= 15 is 0 Å². The van der Waals surface area contributed by atoms with Gasteiger partial charge in [-0.1, -0.05) is 35.9 Å². The number of likely N-dealkylation sites (N-methyl/N-ethyl adjacent to an activating group) is 1. The first-order valence-corrected chi connectivity index (χ1v) is 10.6. The van der Waals surface area contributed by atoms with Gasteiger partial charge < -0.3 is 10.2 Å². The number of urea groups is 1. The minimum absolute atomic E-state index is 0.0793. The van der Waals surface area contributed by atoms with Crippen molar-refractivity contribution in [3.05, 3.63) is 57.2 Å². The van der Waals surface area contributed by atoms with Crippen LogP contribution in [0.3, 0.4) is 0 Å². The van der Waals surface area contributed by atoms with Crippen molar-refractivity contribution in [2.45, 2.75) is 38.8 Å². The normalized spacial score (nSPS) is 16.5. The number of nitrogens with one attached hydrogen (secondary N) is 1. The van der Waals surface area contributed by atoms with Crippen LogP contribution in [0.1, 0.15) is 43.7 Å². The van der Waals surface area contributed by atoms with E-state index in [0.29, 0.717) is 11.4 Å². The topological polar surface area (TPSA) is 65.0 Å². The molecule has 0 radical (unpaired) electrons. The largest absolute Gasteiger partial charge is 0.333 e. The van der Waals surface area contributed by atoms with Gasteiger partial charge in [0, 0.05) is 24.0 Å². The van der Waals surface area contributed by atoms with E-state index < -0.39 is 0 Å². The molecule has 1 atom stereocenters. The highest BCUT2D eigenvalue weighted by atomic mass is 35.5. The number of carbonyl (C=O) groups is 2. The van der Waals surface area contributed by atoms with Crippen LogP contribution in [0, 0.1) is 0 Å². The molecule has 1 aliphatic heterocycles. The summed E-state index contributed by atoms with van der Waals surface area (Å²) in [7, 11) is 1.60. The van der Waals surface area contributed by atoms with Gasteiger partial charge in [-0.05, 0) is 43.8 Å². The second-order valence-corrected chi connectivity index (χ2v) is 9.39. The quantitative estimate of drug-likeness (QED) is 0.771. The molecule has 1 aromatic heterocycles. The van der Waals surface area contributed by atoms with E-state index in [0.717, 1.165) is 16.2 Å². The molecule has 3 amide bonds. The Balaban J connectivity index is 1.83. The highest BCUT2D eigenvalue weighted by Crippen LogP contribution is 2.36. The Kier molecular flexibility index (Phi) is 6.29. The molecule has 2 heterocycles. The summed E-state index contributed by atoms with van der Waals surface area (Å²) in [5.41, 5.74) is 1.31. The third-order valence-corrected chi connectivity index (χ3v) is 5.70. The van der Waals surface area contributed by atoms with Crippen molar-refractivity contribution < 1.29 is 9.59 Å².